The predicted octanol–water partition coefficient (Wildman–Crippen LogP) is 4.02. The third kappa shape index (κ3) is 3.46. The summed E-state index contributed by atoms with van der Waals surface area (Å²) < 4.78 is 11.6. The van der Waals surface area contributed by atoms with E-state index in [1.165, 1.54) is 18.2 Å². The highest BCUT2D eigenvalue weighted by atomic mass is 79.9. The average molecular weight is 390 g/mol. The molecule has 0 saturated carbocycles. The lowest BCUT2D eigenvalue weighted by Gasteiger charge is -2.19. The molecule has 0 saturated heterocycles. The minimum atomic E-state index is -0.467. The molecule has 7 heteroatoms. The Morgan fingerprint density at radius 3 is 2.38 bits per heavy atom. The summed E-state index contributed by atoms with van der Waals surface area (Å²) in [6, 6.07) is 9.30. The molecule has 0 atom stereocenters. The first-order valence-corrected chi connectivity index (χ1v) is 7.90. The Morgan fingerprint density at radius 1 is 1.12 bits per heavy atom. The molecule has 6 nitrogen and oxygen atoms in total. The second-order valence-electron chi connectivity index (χ2n) is 5.02. The van der Waals surface area contributed by atoms with E-state index < -0.39 is 4.92 Å². The number of carbonyl (C=O) groups is 1. The Hall–Kier alpha value is -2.67. The predicted molar refractivity (Wildman–Crippen MR) is 91.6 cm³/mol. The molecule has 2 aromatic carbocycles. The van der Waals surface area contributed by atoms with Crippen molar-refractivity contribution in [2.45, 2.75) is 0 Å². The van der Waals surface area contributed by atoms with Crippen molar-refractivity contribution in [3.63, 3.8) is 0 Å². The minimum Gasteiger partial charge on any atom is -0.486 e. The van der Waals surface area contributed by atoms with E-state index in [-0.39, 0.29) is 11.5 Å². The number of hydrogen-bond donors (Lipinski definition) is 0. The molecule has 122 valence electrons. The van der Waals surface area contributed by atoms with Gasteiger partial charge >= 0.3 is 0 Å². The molecule has 0 radical (unpaired) electrons. The van der Waals surface area contributed by atoms with Crippen LogP contribution in [0.15, 0.2) is 46.9 Å². The van der Waals surface area contributed by atoms with Gasteiger partial charge in [-0.15, -0.1) is 0 Å². The highest BCUT2D eigenvalue weighted by Gasteiger charge is 2.17. The van der Waals surface area contributed by atoms with Crippen molar-refractivity contribution in [2.24, 2.45) is 0 Å². The van der Waals surface area contributed by atoms with E-state index in [4.69, 9.17) is 9.47 Å². The fourth-order valence-electron chi connectivity index (χ4n) is 2.22. The average Bonchev–Trinajstić information content (AvgIpc) is 2.59. The lowest BCUT2D eigenvalue weighted by Crippen LogP contribution is -2.16. The number of non-ortho nitro benzene ring substituents is 1. The second-order valence-corrected chi connectivity index (χ2v) is 5.88. The van der Waals surface area contributed by atoms with Crippen LogP contribution in [0.4, 0.5) is 5.69 Å². The van der Waals surface area contributed by atoms with E-state index in [9.17, 15) is 14.9 Å². The molecule has 1 aliphatic heterocycles. The molecule has 1 aliphatic rings. The number of allylic oxidation sites excluding steroid dienone is 1. The lowest BCUT2D eigenvalue weighted by atomic mass is 10.1. The Bertz CT molecular complexity index is 830. The molecule has 0 N–H and O–H groups in total. The van der Waals surface area contributed by atoms with Gasteiger partial charge in [0.15, 0.2) is 17.3 Å². The number of fused-ring (bicyclic) bond motifs is 1. The van der Waals surface area contributed by atoms with Crippen molar-refractivity contribution in [3.05, 3.63) is 68.2 Å². The van der Waals surface area contributed by atoms with Crippen LogP contribution in [-0.4, -0.2) is 23.9 Å². The van der Waals surface area contributed by atoms with Crippen LogP contribution in [0.2, 0.25) is 0 Å². The van der Waals surface area contributed by atoms with Gasteiger partial charge < -0.3 is 9.47 Å². The van der Waals surface area contributed by atoms with Gasteiger partial charge in [0.25, 0.3) is 5.69 Å². The molecule has 0 aliphatic carbocycles. The zero-order valence-electron chi connectivity index (χ0n) is 12.4. The van der Waals surface area contributed by atoms with Crippen molar-refractivity contribution in [3.8, 4) is 11.5 Å². The molecule has 2 aromatic rings. The van der Waals surface area contributed by atoms with Crippen molar-refractivity contribution >= 4 is 33.5 Å². The molecule has 0 unspecified atom stereocenters. The van der Waals surface area contributed by atoms with Gasteiger partial charge in [0.05, 0.1) is 4.92 Å². The monoisotopic (exact) mass is 389 g/mol. The summed E-state index contributed by atoms with van der Waals surface area (Å²) in [4.78, 5) is 22.5. The first kappa shape index (κ1) is 16.2. The standard InChI is InChI=1S/C17H12BrNO5/c18-14-10-17-16(23-7-8-24-17)9-13(14)15(20)6-3-11-1-4-12(5-2-11)19(21)22/h1-6,9-10H,7-8H2. The van der Waals surface area contributed by atoms with Crippen molar-refractivity contribution in [2.75, 3.05) is 13.2 Å². The van der Waals surface area contributed by atoms with Crippen LogP contribution in [0.25, 0.3) is 6.08 Å². The summed E-state index contributed by atoms with van der Waals surface area (Å²) in [5.74, 6) is 0.928. The summed E-state index contributed by atoms with van der Waals surface area (Å²) >= 11 is 3.36. The molecule has 0 spiro atoms. The summed E-state index contributed by atoms with van der Waals surface area (Å²) in [5.41, 5.74) is 1.16. The normalized spacial score (nSPS) is 13.0. The largest absolute Gasteiger partial charge is 0.486 e. The molecule has 0 fully saturated rings. The third-order valence-corrected chi connectivity index (χ3v) is 4.08. The highest BCUT2D eigenvalue weighted by molar-refractivity contribution is 9.10. The van der Waals surface area contributed by atoms with Crippen molar-refractivity contribution in [1.82, 2.24) is 0 Å². The number of hydrogen-bond acceptors (Lipinski definition) is 5. The van der Waals surface area contributed by atoms with E-state index in [0.717, 1.165) is 0 Å². The molecule has 0 aromatic heterocycles. The molecule has 1 heterocycles. The smallest absolute Gasteiger partial charge is 0.269 e. The summed E-state index contributed by atoms with van der Waals surface area (Å²) in [6.45, 7) is 0.924. The van der Waals surface area contributed by atoms with E-state index in [2.05, 4.69) is 15.9 Å². The Balaban J connectivity index is 1.80. The van der Waals surface area contributed by atoms with Gasteiger partial charge in [0, 0.05) is 22.2 Å². The molecule has 0 bridgehead atoms. The number of nitro groups is 1. The minimum absolute atomic E-state index is 0.00746. The summed E-state index contributed by atoms with van der Waals surface area (Å²) in [5, 5.41) is 10.6. The fourth-order valence-corrected chi connectivity index (χ4v) is 2.74. The molecule has 3 rings (SSSR count). The Morgan fingerprint density at radius 2 is 1.75 bits per heavy atom. The van der Waals surface area contributed by atoms with Gasteiger partial charge in [-0.2, -0.15) is 0 Å². The van der Waals surface area contributed by atoms with E-state index >= 15 is 0 Å². The number of halogens is 1. The van der Waals surface area contributed by atoms with Gasteiger partial charge in [0.1, 0.15) is 13.2 Å². The first-order valence-electron chi connectivity index (χ1n) is 7.10. The van der Waals surface area contributed by atoms with Gasteiger partial charge in [-0.05, 0) is 51.8 Å². The van der Waals surface area contributed by atoms with Gasteiger partial charge in [-0.25, -0.2) is 0 Å². The zero-order valence-corrected chi connectivity index (χ0v) is 14.0. The number of carbonyl (C=O) groups excluding carboxylic acids is 1. The van der Waals surface area contributed by atoms with Gasteiger partial charge in [0.2, 0.25) is 0 Å². The van der Waals surface area contributed by atoms with Crippen molar-refractivity contribution < 1.29 is 19.2 Å². The van der Waals surface area contributed by atoms with Crippen LogP contribution < -0.4 is 9.47 Å². The van der Waals surface area contributed by atoms with E-state index in [1.54, 1.807) is 30.3 Å². The van der Waals surface area contributed by atoms with E-state index in [1.807, 2.05) is 0 Å². The maximum atomic E-state index is 12.4. The van der Waals surface area contributed by atoms with Crippen LogP contribution in [0.1, 0.15) is 15.9 Å². The maximum absolute atomic E-state index is 12.4. The topological polar surface area (TPSA) is 78.7 Å². The number of rotatable bonds is 4. The van der Waals surface area contributed by atoms with Crippen LogP contribution in [0.5, 0.6) is 11.5 Å². The number of ether oxygens (including phenoxy) is 2. The lowest BCUT2D eigenvalue weighted by molar-refractivity contribution is -0.384. The number of nitro benzene ring substituents is 1. The number of nitrogens with zero attached hydrogens (tertiary/aromatic N) is 1. The van der Waals surface area contributed by atoms with Crippen molar-refractivity contribution in [1.29, 1.82) is 0 Å². The summed E-state index contributed by atoms with van der Waals surface area (Å²) in [6.07, 6.45) is 3.02. The van der Waals surface area contributed by atoms with Gasteiger partial charge in [-0.1, -0.05) is 6.08 Å². The fraction of sp³-hybridized carbons (Fsp3) is 0.118. The molecule has 0 amide bonds. The number of ketones is 1. The second kappa shape index (κ2) is 6.84. The van der Waals surface area contributed by atoms with Crippen LogP contribution in [0.3, 0.4) is 0 Å². The summed E-state index contributed by atoms with van der Waals surface area (Å²) in [7, 11) is 0. The quantitative estimate of drug-likeness (QED) is 0.341. The SMILES string of the molecule is O=C(C=Cc1ccc([N+](=O)[O-])cc1)c1cc2c(cc1Br)OCCO2. The molecular weight excluding hydrogens is 378 g/mol. The highest BCUT2D eigenvalue weighted by Crippen LogP contribution is 2.35. The number of benzene rings is 2. The Kier molecular flexibility index (Phi) is 4.61. The first-order chi connectivity index (χ1) is 11.5. The van der Waals surface area contributed by atoms with E-state index in [0.29, 0.717) is 40.3 Å². The Labute approximate surface area is 146 Å². The van der Waals surface area contributed by atoms with Gasteiger partial charge in [-0.3, -0.25) is 14.9 Å². The maximum Gasteiger partial charge on any atom is 0.269 e. The third-order valence-electron chi connectivity index (χ3n) is 3.43. The molecule has 24 heavy (non-hydrogen) atoms. The van der Waals surface area contributed by atoms with Crippen LogP contribution >= 0.6 is 15.9 Å². The molecular formula is C17H12BrNO5. The zero-order chi connectivity index (χ0) is 17.1. The van der Waals surface area contributed by atoms with Crippen LogP contribution in [0, 0.1) is 10.1 Å². The van der Waals surface area contributed by atoms with Crippen LogP contribution in [-0.2, 0) is 0 Å².